The van der Waals surface area contributed by atoms with Crippen molar-refractivity contribution in [3.05, 3.63) is 54.4 Å². The van der Waals surface area contributed by atoms with Gasteiger partial charge in [-0.25, -0.2) is 27.9 Å². The first-order chi connectivity index (χ1) is 19.8. The van der Waals surface area contributed by atoms with Crippen LogP contribution in [0.25, 0.3) is 26.6 Å². The van der Waals surface area contributed by atoms with Crippen molar-refractivity contribution in [1.29, 1.82) is 0 Å². The lowest BCUT2D eigenvalue weighted by Gasteiger charge is -2.25. The second-order valence-corrected chi connectivity index (χ2v) is 14.6. The smallest absolute Gasteiger partial charge is 0.324 e. The molecule has 1 saturated carbocycles. The number of carbonyl (C=O) groups excluding carboxylic acids is 1. The van der Waals surface area contributed by atoms with E-state index in [1.54, 1.807) is 6.07 Å². The number of aromatic nitrogens is 4. The molecule has 2 amide bonds. The Morgan fingerprint density at radius 2 is 1.86 bits per heavy atom. The third-order valence-electron chi connectivity index (χ3n) is 7.06. The largest absolute Gasteiger partial charge is 0.359 e. The molecular formula is C28H32N8O4S2. The minimum Gasteiger partial charge on any atom is -0.359 e. The SMILES string of the molecule is CN(CC1(NS(C)(=O)=O)CC1)c1ccc2c(n1)sc1nc(-c3ccc(NC(=O)Nc4cc(C(C)(C)C)on4)cc3)cn12. The van der Waals surface area contributed by atoms with E-state index in [9.17, 15) is 13.2 Å². The van der Waals surface area contributed by atoms with Gasteiger partial charge in [-0.1, -0.05) is 49.4 Å². The zero-order valence-electron chi connectivity index (χ0n) is 23.9. The molecular weight excluding hydrogens is 576 g/mol. The van der Waals surface area contributed by atoms with E-state index in [0.29, 0.717) is 23.8 Å². The molecule has 4 aromatic heterocycles. The Kier molecular flexibility index (Phi) is 6.74. The normalized spacial score (nSPS) is 14.8. The summed E-state index contributed by atoms with van der Waals surface area (Å²) in [6, 6.07) is 12.7. The highest BCUT2D eigenvalue weighted by Gasteiger charge is 2.46. The van der Waals surface area contributed by atoms with Crippen molar-refractivity contribution < 1.29 is 17.7 Å². The lowest BCUT2D eigenvalue weighted by Crippen LogP contribution is -2.44. The first kappa shape index (κ1) is 28.1. The van der Waals surface area contributed by atoms with E-state index in [0.717, 1.165) is 45.2 Å². The molecule has 6 rings (SSSR count). The van der Waals surface area contributed by atoms with Crippen LogP contribution in [0.2, 0.25) is 0 Å². The van der Waals surface area contributed by atoms with Crippen LogP contribution in [-0.4, -0.2) is 59.4 Å². The summed E-state index contributed by atoms with van der Waals surface area (Å²) >= 11 is 1.49. The van der Waals surface area contributed by atoms with Crippen molar-refractivity contribution in [1.82, 2.24) is 24.2 Å². The Morgan fingerprint density at radius 1 is 1.12 bits per heavy atom. The van der Waals surface area contributed by atoms with Gasteiger partial charge < -0.3 is 14.7 Å². The highest BCUT2D eigenvalue weighted by molar-refractivity contribution is 7.88. The molecule has 1 aromatic carbocycles. The van der Waals surface area contributed by atoms with Crippen molar-refractivity contribution in [3.63, 3.8) is 0 Å². The zero-order chi connectivity index (χ0) is 29.9. The fourth-order valence-electron chi connectivity index (χ4n) is 4.79. The number of nitrogens with zero attached hydrogens (tertiary/aromatic N) is 5. The number of hydrogen-bond acceptors (Lipinski definition) is 9. The van der Waals surface area contributed by atoms with Crippen LogP contribution >= 0.6 is 11.3 Å². The number of benzene rings is 1. The summed E-state index contributed by atoms with van der Waals surface area (Å²) in [6.45, 7) is 6.57. The van der Waals surface area contributed by atoms with Crippen molar-refractivity contribution in [2.45, 2.75) is 44.6 Å². The zero-order valence-corrected chi connectivity index (χ0v) is 25.6. The van der Waals surface area contributed by atoms with E-state index >= 15 is 0 Å². The number of sulfonamides is 1. The van der Waals surface area contributed by atoms with Crippen molar-refractivity contribution >= 4 is 60.0 Å². The molecule has 1 aliphatic carbocycles. The first-order valence-corrected chi connectivity index (χ1v) is 16.1. The van der Waals surface area contributed by atoms with Gasteiger partial charge in [0.2, 0.25) is 10.0 Å². The number of anilines is 3. The molecule has 0 aliphatic heterocycles. The molecule has 0 spiro atoms. The Hall–Kier alpha value is -4.01. The van der Waals surface area contributed by atoms with Gasteiger partial charge in [-0.15, -0.1) is 0 Å². The number of pyridine rings is 1. The minimum absolute atomic E-state index is 0.205. The van der Waals surface area contributed by atoms with E-state index in [1.807, 2.05) is 79.7 Å². The van der Waals surface area contributed by atoms with Crippen LogP contribution in [0.4, 0.5) is 22.1 Å². The molecule has 5 aromatic rings. The second-order valence-electron chi connectivity index (χ2n) is 11.9. The van der Waals surface area contributed by atoms with Crippen molar-refractivity contribution in [2.75, 3.05) is 35.4 Å². The van der Waals surface area contributed by atoms with Crippen LogP contribution in [0.1, 0.15) is 39.4 Å². The highest BCUT2D eigenvalue weighted by atomic mass is 32.2. The van der Waals surface area contributed by atoms with Gasteiger partial charge in [0.05, 0.1) is 23.0 Å². The van der Waals surface area contributed by atoms with Crippen molar-refractivity contribution in [2.24, 2.45) is 0 Å². The highest BCUT2D eigenvalue weighted by Crippen LogP contribution is 2.38. The predicted octanol–water partition coefficient (Wildman–Crippen LogP) is 5.06. The molecule has 3 N–H and O–H groups in total. The lowest BCUT2D eigenvalue weighted by atomic mass is 9.93. The Bertz CT molecular complexity index is 1900. The fourth-order valence-corrected chi connectivity index (χ4v) is 6.82. The summed E-state index contributed by atoms with van der Waals surface area (Å²) in [7, 11) is -1.35. The summed E-state index contributed by atoms with van der Waals surface area (Å²) in [6.07, 6.45) is 4.79. The average molecular weight is 609 g/mol. The molecule has 1 fully saturated rings. The maximum Gasteiger partial charge on any atom is 0.324 e. The number of likely N-dealkylation sites (N-methyl/N-ethyl adjacent to an activating group) is 1. The number of carbonyl (C=O) groups is 1. The van der Waals surface area contributed by atoms with Gasteiger partial charge in [0.1, 0.15) is 16.4 Å². The van der Waals surface area contributed by atoms with Gasteiger partial charge in [0, 0.05) is 42.5 Å². The fraction of sp³-hybridized carbons (Fsp3) is 0.357. The Balaban J connectivity index is 1.13. The first-order valence-electron chi connectivity index (χ1n) is 13.4. The van der Waals surface area contributed by atoms with Crippen LogP contribution in [0.3, 0.4) is 0 Å². The number of urea groups is 1. The van der Waals surface area contributed by atoms with Gasteiger partial charge in [-0.3, -0.25) is 9.72 Å². The minimum atomic E-state index is -3.28. The van der Waals surface area contributed by atoms with Crippen LogP contribution in [-0.2, 0) is 15.4 Å². The molecule has 0 saturated heterocycles. The molecule has 0 radical (unpaired) electrons. The summed E-state index contributed by atoms with van der Waals surface area (Å²) in [5, 5.41) is 9.40. The van der Waals surface area contributed by atoms with Gasteiger partial charge in [-0.05, 0) is 37.1 Å². The summed E-state index contributed by atoms with van der Waals surface area (Å²) < 4.78 is 33.6. The monoisotopic (exact) mass is 608 g/mol. The molecule has 0 bridgehead atoms. The number of imidazole rings is 1. The van der Waals surface area contributed by atoms with E-state index in [4.69, 9.17) is 14.5 Å². The molecule has 1 aliphatic rings. The number of amides is 2. The molecule has 220 valence electrons. The van der Waals surface area contributed by atoms with Crippen LogP contribution in [0, 0.1) is 0 Å². The summed E-state index contributed by atoms with van der Waals surface area (Å²) in [5.74, 6) is 1.81. The quantitative estimate of drug-likeness (QED) is 0.222. The summed E-state index contributed by atoms with van der Waals surface area (Å²) in [4.78, 5) is 25.7. The lowest BCUT2D eigenvalue weighted by molar-refractivity contribution is 0.262. The standard InChI is InChI=1S/C28H32N8O4S2/c1-27(2,3)21-14-22(33-40-21)31-25(37)29-18-8-6-17(7-9-18)19-15-36-20-10-11-23(32-24(20)41-26(36)30-19)35(4)16-28(12-13-28)34-42(5,38)39/h6-11,14-15,34H,12-13,16H2,1-5H3,(H2,29,31,33,37). The Morgan fingerprint density at radius 3 is 2.50 bits per heavy atom. The second kappa shape index (κ2) is 10.1. The van der Waals surface area contributed by atoms with Crippen LogP contribution < -0.4 is 20.3 Å². The maximum absolute atomic E-state index is 12.4. The van der Waals surface area contributed by atoms with E-state index < -0.39 is 21.6 Å². The average Bonchev–Trinajstić information content (AvgIpc) is 3.22. The topological polar surface area (TPSA) is 147 Å². The van der Waals surface area contributed by atoms with Gasteiger partial charge in [-0.2, -0.15) is 0 Å². The van der Waals surface area contributed by atoms with E-state index in [-0.39, 0.29) is 5.41 Å². The molecule has 14 heteroatoms. The molecule has 0 unspecified atom stereocenters. The third-order valence-corrected chi connectivity index (χ3v) is 8.83. The Labute approximate surface area is 247 Å². The van der Waals surface area contributed by atoms with Gasteiger partial charge in [0.15, 0.2) is 10.8 Å². The number of fused-ring (bicyclic) bond motifs is 3. The van der Waals surface area contributed by atoms with Gasteiger partial charge in [0.25, 0.3) is 0 Å². The number of thiazole rings is 1. The number of nitrogens with one attached hydrogen (secondary N) is 3. The van der Waals surface area contributed by atoms with E-state index in [1.165, 1.54) is 17.6 Å². The predicted molar refractivity (Wildman–Crippen MR) is 165 cm³/mol. The van der Waals surface area contributed by atoms with Crippen LogP contribution in [0.15, 0.2) is 53.2 Å². The maximum atomic E-state index is 12.4. The number of hydrogen-bond donors (Lipinski definition) is 3. The van der Waals surface area contributed by atoms with E-state index in [2.05, 4.69) is 20.5 Å². The summed E-state index contributed by atoms with van der Waals surface area (Å²) in [5.41, 5.74) is 2.67. The molecule has 0 atom stereocenters. The van der Waals surface area contributed by atoms with Crippen LogP contribution in [0.5, 0.6) is 0 Å². The molecule has 42 heavy (non-hydrogen) atoms. The number of rotatable bonds is 8. The van der Waals surface area contributed by atoms with Crippen molar-refractivity contribution in [3.8, 4) is 11.3 Å². The third kappa shape index (κ3) is 5.96. The molecule has 4 heterocycles. The molecule has 12 nitrogen and oxygen atoms in total. The van der Waals surface area contributed by atoms with Gasteiger partial charge >= 0.3 is 6.03 Å².